The molecule has 3 rings (SSSR count). The summed E-state index contributed by atoms with van der Waals surface area (Å²) in [6, 6.07) is -0.982. The molecule has 3 aliphatic heterocycles. The zero-order valence-corrected chi connectivity index (χ0v) is 54.1. The Kier molecular flexibility index (Phi) is 46.1. The molecule has 0 spiro atoms. The molecule has 0 radical (unpaired) electrons. The fourth-order valence-electron chi connectivity index (χ4n) is 10.5. The van der Waals surface area contributed by atoms with E-state index in [1.807, 2.05) is 6.08 Å². The number of carbonyl (C=O) groups is 1. The van der Waals surface area contributed by atoms with Gasteiger partial charge in [-0.2, -0.15) is 0 Å². The minimum Gasteiger partial charge on any atom is -0.394 e. The maximum Gasteiger partial charge on any atom is 0.220 e. The maximum atomic E-state index is 13.3. The SMILES string of the molecule is CC/C=C\C/C=C\C/C=C\C/C=C\C/C=C\C/C=C\C/C=C\C/C=C\C/C=C\CCCCCCCCCCCC(=O)NC(COC1OC(CO)C(OC2OC(CO)C(OC3OC(CO)C(O)C(O)C3O)C(O)C2O)C(O)C1O)C(O)/C=C/CCCCCCCC. The van der Waals surface area contributed by atoms with Crippen molar-refractivity contribution in [3.63, 3.8) is 0 Å². The summed E-state index contributed by atoms with van der Waals surface area (Å²) in [7, 11) is 0. The lowest BCUT2D eigenvalue weighted by Gasteiger charge is -2.48. The smallest absolute Gasteiger partial charge is 0.220 e. The third-order valence-electron chi connectivity index (χ3n) is 16.0. The van der Waals surface area contributed by atoms with E-state index in [1.54, 1.807) is 6.08 Å². The number of unbranched alkanes of at least 4 members (excludes halogenated alkanes) is 15. The van der Waals surface area contributed by atoms with Gasteiger partial charge in [0.1, 0.15) is 73.2 Å². The van der Waals surface area contributed by atoms with Crippen molar-refractivity contribution in [3.8, 4) is 0 Å². The van der Waals surface area contributed by atoms with Crippen molar-refractivity contribution in [3.05, 3.63) is 122 Å². The molecule has 19 heteroatoms. The highest BCUT2D eigenvalue weighted by molar-refractivity contribution is 5.76. The molecular formula is C71H117NO18. The summed E-state index contributed by atoms with van der Waals surface area (Å²) in [4.78, 5) is 13.3. The van der Waals surface area contributed by atoms with Crippen LogP contribution in [-0.4, -0.2) is 193 Å². The molecule has 90 heavy (non-hydrogen) atoms. The largest absolute Gasteiger partial charge is 0.394 e. The van der Waals surface area contributed by atoms with Gasteiger partial charge in [0.05, 0.1) is 38.6 Å². The lowest BCUT2D eigenvalue weighted by atomic mass is 9.96. The third-order valence-corrected chi connectivity index (χ3v) is 16.0. The molecule has 12 N–H and O–H groups in total. The van der Waals surface area contributed by atoms with Crippen LogP contribution in [0.1, 0.15) is 187 Å². The quantitative estimate of drug-likeness (QED) is 0.0201. The summed E-state index contributed by atoms with van der Waals surface area (Å²) >= 11 is 0. The molecule has 3 saturated heterocycles. The molecule has 1 amide bonds. The van der Waals surface area contributed by atoms with Crippen LogP contribution in [0.5, 0.6) is 0 Å². The van der Waals surface area contributed by atoms with Crippen molar-refractivity contribution in [1.29, 1.82) is 0 Å². The lowest BCUT2D eigenvalue weighted by molar-refractivity contribution is -0.379. The van der Waals surface area contributed by atoms with Gasteiger partial charge in [-0.1, -0.05) is 212 Å². The van der Waals surface area contributed by atoms with E-state index in [-0.39, 0.29) is 18.9 Å². The first-order valence-electron chi connectivity index (χ1n) is 33.8. The summed E-state index contributed by atoms with van der Waals surface area (Å²) in [6.45, 7) is 1.52. The molecule has 3 aliphatic rings. The van der Waals surface area contributed by atoms with Crippen LogP contribution in [0.3, 0.4) is 0 Å². The first kappa shape index (κ1) is 80.4. The third kappa shape index (κ3) is 33.3. The van der Waals surface area contributed by atoms with Crippen molar-refractivity contribution in [2.45, 2.75) is 291 Å². The van der Waals surface area contributed by atoms with Gasteiger partial charge in [0, 0.05) is 6.42 Å². The summed E-state index contributed by atoms with van der Waals surface area (Å²) in [5.41, 5.74) is 0. The van der Waals surface area contributed by atoms with Crippen molar-refractivity contribution >= 4 is 5.91 Å². The van der Waals surface area contributed by atoms with E-state index in [9.17, 15) is 61.0 Å². The van der Waals surface area contributed by atoms with E-state index < -0.39 is 124 Å². The van der Waals surface area contributed by atoms with Gasteiger partial charge in [-0.05, 0) is 89.9 Å². The number of ether oxygens (including phenoxy) is 6. The highest BCUT2D eigenvalue weighted by atomic mass is 16.8. The Labute approximate surface area is 538 Å². The van der Waals surface area contributed by atoms with E-state index in [0.29, 0.717) is 6.42 Å². The minimum absolute atomic E-state index is 0.227. The van der Waals surface area contributed by atoms with Gasteiger partial charge in [-0.25, -0.2) is 0 Å². The second kappa shape index (κ2) is 51.6. The predicted octanol–water partition coefficient (Wildman–Crippen LogP) is 8.43. The average molecular weight is 1270 g/mol. The molecule has 0 aromatic carbocycles. The highest BCUT2D eigenvalue weighted by Crippen LogP contribution is 2.33. The standard InChI is InChI=1S/C71H117NO18/c1-3-5-7-9-11-13-14-15-16-17-18-19-20-21-22-23-24-25-26-27-28-29-30-31-32-33-34-35-36-37-38-39-40-41-43-45-47-49-59(77)72-54(55(76)48-46-44-42-12-10-8-6-4-2)53-85-69-65(83)62(80)67(57(51-74)87-69)90-71-66(84)63(81)68(58(52-75)88-71)89-70-64(82)61(79)60(78)56(50-73)86-70/h5,7,11,13,15-16,18-19,21-22,24-25,27-28,30-31,33-34,46,48,54-58,60-71,73-76,78-84H,3-4,6,8-10,12,14,17,20,23,26,29,32,35-45,47,49-53H2,1-2H3,(H,72,77)/b7-5-,13-11-,16-15-,19-18-,22-21-,25-24-,28-27-,31-30-,34-33-,48-46+. The zero-order chi connectivity index (χ0) is 65.4. The van der Waals surface area contributed by atoms with Gasteiger partial charge in [0.25, 0.3) is 0 Å². The average Bonchev–Trinajstić information content (AvgIpc) is 0.847. The Hall–Kier alpha value is -3.81. The predicted molar refractivity (Wildman–Crippen MR) is 350 cm³/mol. The number of aliphatic hydroxyl groups excluding tert-OH is 11. The minimum atomic E-state index is -1.98. The van der Waals surface area contributed by atoms with Crippen molar-refractivity contribution in [2.75, 3.05) is 26.4 Å². The number of nitrogens with one attached hydrogen (secondary N) is 1. The molecule has 0 aromatic rings. The topological polar surface area (TPSA) is 307 Å². The summed E-state index contributed by atoms with van der Waals surface area (Å²) in [6.07, 6.45) is 43.6. The molecule has 3 fully saturated rings. The van der Waals surface area contributed by atoms with Crippen molar-refractivity contribution < 1.29 is 89.4 Å². The zero-order valence-electron chi connectivity index (χ0n) is 54.1. The molecule has 0 aliphatic carbocycles. The Morgan fingerprint density at radius 2 is 0.767 bits per heavy atom. The first-order valence-corrected chi connectivity index (χ1v) is 33.8. The Bertz CT molecular complexity index is 2100. The number of amides is 1. The van der Waals surface area contributed by atoms with Crippen LogP contribution >= 0.6 is 0 Å². The molecule has 0 bridgehead atoms. The first-order chi connectivity index (χ1) is 43.8. The molecule has 19 nitrogen and oxygen atoms in total. The monoisotopic (exact) mass is 1270 g/mol. The number of rotatable bonds is 49. The fourth-order valence-corrected chi connectivity index (χ4v) is 10.5. The number of allylic oxidation sites excluding steroid dienone is 19. The highest BCUT2D eigenvalue weighted by Gasteiger charge is 2.53. The second-order valence-corrected chi connectivity index (χ2v) is 23.6. The van der Waals surface area contributed by atoms with Gasteiger partial charge < -0.3 is 89.9 Å². The van der Waals surface area contributed by atoms with Gasteiger partial charge in [0.15, 0.2) is 18.9 Å². The number of carbonyl (C=O) groups excluding carboxylic acids is 1. The fraction of sp³-hybridized carbons (Fsp3) is 0.704. The Morgan fingerprint density at radius 1 is 0.411 bits per heavy atom. The van der Waals surface area contributed by atoms with E-state index in [2.05, 4.69) is 129 Å². The van der Waals surface area contributed by atoms with Gasteiger partial charge in [-0.3, -0.25) is 4.79 Å². The molecule has 3 heterocycles. The van der Waals surface area contributed by atoms with E-state index >= 15 is 0 Å². The second-order valence-electron chi connectivity index (χ2n) is 23.6. The Morgan fingerprint density at radius 3 is 1.20 bits per heavy atom. The lowest BCUT2D eigenvalue weighted by Crippen LogP contribution is -2.66. The van der Waals surface area contributed by atoms with Gasteiger partial charge in [0.2, 0.25) is 5.91 Å². The molecular weight excluding hydrogens is 1150 g/mol. The maximum absolute atomic E-state index is 13.3. The molecule has 0 aromatic heterocycles. The summed E-state index contributed by atoms with van der Waals surface area (Å²) in [5, 5.41) is 120. The molecule has 514 valence electrons. The van der Waals surface area contributed by atoms with Crippen LogP contribution in [0, 0.1) is 0 Å². The van der Waals surface area contributed by atoms with Crippen LogP contribution in [-0.2, 0) is 33.2 Å². The Balaban J connectivity index is 1.32. The molecule has 17 unspecified atom stereocenters. The van der Waals surface area contributed by atoms with Crippen LogP contribution in [0.15, 0.2) is 122 Å². The van der Waals surface area contributed by atoms with Crippen LogP contribution < -0.4 is 5.32 Å². The van der Waals surface area contributed by atoms with E-state index in [1.165, 1.54) is 38.5 Å². The normalized spacial score (nSPS) is 28.8. The number of hydrogen-bond acceptors (Lipinski definition) is 18. The van der Waals surface area contributed by atoms with Gasteiger partial charge in [-0.15, -0.1) is 0 Å². The number of hydrogen-bond donors (Lipinski definition) is 12. The van der Waals surface area contributed by atoms with Crippen molar-refractivity contribution in [1.82, 2.24) is 5.32 Å². The summed E-state index contributed by atoms with van der Waals surface area (Å²) < 4.78 is 34.2. The van der Waals surface area contributed by atoms with E-state index in [0.717, 1.165) is 122 Å². The molecule has 17 atom stereocenters. The van der Waals surface area contributed by atoms with E-state index in [4.69, 9.17) is 28.4 Å². The van der Waals surface area contributed by atoms with Crippen LogP contribution in [0.4, 0.5) is 0 Å². The number of aliphatic hydroxyl groups is 11. The molecule has 0 saturated carbocycles. The summed E-state index contributed by atoms with van der Waals surface area (Å²) in [5.74, 6) is -0.292. The van der Waals surface area contributed by atoms with Crippen LogP contribution in [0.2, 0.25) is 0 Å². The van der Waals surface area contributed by atoms with Crippen molar-refractivity contribution in [2.24, 2.45) is 0 Å². The van der Waals surface area contributed by atoms with Crippen LogP contribution in [0.25, 0.3) is 0 Å². The van der Waals surface area contributed by atoms with Gasteiger partial charge >= 0.3 is 0 Å².